The molecule has 6 nitrogen and oxygen atoms in total. The van der Waals surface area contributed by atoms with Crippen LogP contribution in [0.1, 0.15) is 5.69 Å². The van der Waals surface area contributed by atoms with E-state index in [4.69, 9.17) is 11.6 Å². The molecule has 1 heterocycles. The van der Waals surface area contributed by atoms with E-state index in [-0.39, 0.29) is 4.90 Å². The molecule has 0 bridgehead atoms. The maximum atomic E-state index is 12.5. The molecule has 0 spiro atoms. The third kappa shape index (κ3) is 3.20. The highest BCUT2D eigenvalue weighted by molar-refractivity contribution is 7.92. The molecule has 0 amide bonds. The Bertz CT molecular complexity index is 939. The van der Waals surface area contributed by atoms with Crippen molar-refractivity contribution in [2.24, 2.45) is 0 Å². The Kier molecular flexibility index (Phi) is 4.06. The van der Waals surface area contributed by atoms with E-state index in [2.05, 4.69) is 15.0 Å². The van der Waals surface area contributed by atoms with E-state index in [9.17, 15) is 8.42 Å². The topological polar surface area (TPSA) is 76.9 Å². The zero-order valence-electron chi connectivity index (χ0n) is 12.1. The van der Waals surface area contributed by atoms with Gasteiger partial charge in [0.1, 0.15) is 0 Å². The van der Waals surface area contributed by atoms with Gasteiger partial charge in [-0.25, -0.2) is 13.1 Å². The first-order chi connectivity index (χ1) is 11.0. The Hall–Kier alpha value is -2.38. The molecule has 8 heteroatoms. The fraction of sp³-hybridized carbons (Fsp3) is 0.0667. The molecule has 0 fully saturated rings. The fourth-order valence-corrected chi connectivity index (χ4v) is 3.36. The van der Waals surface area contributed by atoms with Gasteiger partial charge in [0, 0.05) is 5.02 Å². The van der Waals surface area contributed by atoms with Crippen LogP contribution >= 0.6 is 11.6 Å². The third-order valence-corrected chi connectivity index (χ3v) is 4.82. The van der Waals surface area contributed by atoms with E-state index in [0.717, 1.165) is 5.69 Å². The minimum absolute atomic E-state index is 0.177. The molecule has 2 aromatic carbocycles. The number of aromatic nitrogens is 3. The maximum absolute atomic E-state index is 12.5. The van der Waals surface area contributed by atoms with Gasteiger partial charge in [0.15, 0.2) is 0 Å². The summed E-state index contributed by atoms with van der Waals surface area (Å²) in [6.45, 7) is 1.82. The molecular formula is C15H13ClN4O2S. The lowest BCUT2D eigenvalue weighted by Gasteiger charge is -2.13. The van der Waals surface area contributed by atoms with E-state index >= 15 is 0 Å². The summed E-state index contributed by atoms with van der Waals surface area (Å²) in [7, 11) is -3.71. The van der Waals surface area contributed by atoms with Crippen molar-refractivity contribution < 1.29 is 8.42 Å². The lowest BCUT2D eigenvalue weighted by Crippen LogP contribution is -2.15. The lowest BCUT2D eigenvalue weighted by molar-refractivity contribution is 0.601. The molecule has 23 heavy (non-hydrogen) atoms. The molecule has 3 rings (SSSR count). The molecule has 0 aliphatic rings. The van der Waals surface area contributed by atoms with Crippen LogP contribution in [-0.2, 0) is 10.0 Å². The van der Waals surface area contributed by atoms with Gasteiger partial charge in [-0.05, 0) is 37.3 Å². The highest BCUT2D eigenvalue weighted by Crippen LogP contribution is 2.27. The molecule has 0 aliphatic carbocycles. The summed E-state index contributed by atoms with van der Waals surface area (Å²) in [5.74, 6) is 0. The van der Waals surface area contributed by atoms with Gasteiger partial charge >= 0.3 is 0 Å². The Morgan fingerprint density at radius 3 is 2.52 bits per heavy atom. The number of halogens is 1. The number of sulfonamides is 1. The van der Waals surface area contributed by atoms with Crippen LogP contribution in [0.4, 0.5) is 5.69 Å². The second kappa shape index (κ2) is 6.02. The van der Waals surface area contributed by atoms with Crippen LogP contribution in [0.5, 0.6) is 0 Å². The molecule has 0 saturated heterocycles. The second-order valence-corrected chi connectivity index (χ2v) is 6.99. The van der Waals surface area contributed by atoms with Gasteiger partial charge in [0.05, 0.1) is 28.2 Å². The van der Waals surface area contributed by atoms with Crippen LogP contribution in [-0.4, -0.2) is 23.4 Å². The van der Waals surface area contributed by atoms with Crippen molar-refractivity contribution in [2.75, 3.05) is 4.72 Å². The van der Waals surface area contributed by atoms with Crippen molar-refractivity contribution >= 4 is 27.3 Å². The average molecular weight is 349 g/mol. The first-order valence-corrected chi connectivity index (χ1v) is 8.58. The number of hydrogen-bond acceptors (Lipinski definition) is 4. The number of anilines is 1. The van der Waals surface area contributed by atoms with Crippen LogP contribution in [0, 0.1) is 6.92 Å². The largest absolute Gasteiger partial charge is 0.277 e. The van der Waals surface area contributed by atoms with E-state index < -0.39 is 10.0 Å². The van der Waals surface area contributed by atoms with Crippen molar-refractivity contribution in [3.05, 3.63) is 65.4 Å². The maximum Gasteiger partial charge on any atom is 0.261 e. The summed E-state index contributed by atoms with van der Waals surface area (Å²) in [6, 6.07) is 13.0. The Labute approximate surface area is 138 Å². The Morgan fingerprint density at radius 1 is 1.13 bits per heavy atom. The second-order valence-electron chi connectivity index (χ2n) is 4.87. The number of nitrogens with one attached hydrogen (secondary N) is 1. The van der Waals surface area contributed by atoms with Gasteiger partial charge in [-0.2, -0.15) is 0 Å². The molecule has 118 valence electrons. The monoisotopic (exact) mass is 348 g/mol. The molecule has 0 unspecified atom stereocenters. The average Bonchev–Trinajstić information content (AvgIpc) is 2.96. The minimum Gasteiger partial charge on any atom is -0.277 e. The third-order valence-electron chi connectivity index (χ3n) is 3.21. The van der Waals surface area contributed by atoms with Crippen LogP contribution in [0.15, 0.2) is 59.6 Å². The predicted octanol–water partition coefficient (Wildman–Crippen LogP) is 3.03. The van der Waals surface area contributed by atoms with Gasteiger partial charge in [0.25, 0.3) is 10.0 Å². The van der Waals surface area contributed by atoms with E-state index in [0.29, 0.717) is 16.4 Å². The summed E-state index contributed by atoms with van der Waals surface area (Å²) in [4.78, 5) is 0.177. The highest BCUT2D eigenvalue weighted by atomic mass is 35.5. The normalized spacial score (nSPS) is 11.4. The number of nitrogens with zero attached hydrogens (tertiary/aromatic N) is 3. The number of hydrogen-bond donors (Lipinski definition) is 1. The molecule has 0 radical (unpaired) electrons. The summed E-state index contributed by atoms with van der Waals surface area (Å²) in [6.07, 6.45) is 1.58. The minimum atomic E-state index is -3.71. The zero-order valence-corrected chi connectivity index (χ0v) is 13.7. The molecule has 0 atom stereocenters. The van der Waals surface area contributed by atoms with Crippen LogP contribution < -0.4 is 4.72 Å². The molecule has 0 saturated carbocycles. The van der Waals surface area contributed by atoms with Gasteiger partial charge in [-0.15, -0.1) is 5.10 Å². The molecular weight excluding hydrogens is 336 g/mol. The van der Waals surface area contributed by atoms with Crippen molar-refractivity contribution in [3.8, 4) is 5.69 Å². The van der Waals surface area contributed by atoms with E-state index in [1.807, 2.05) is 6.92 Å². The number of aryl methyl sites for hydroxylation is 1. The summed E-state index contributed by atoms with van der Waals surface area (Å²) >= 11 is 6.04. The first kappa shape index (κ1) is 15.5. The highest BCUT2D eigenvalue weighted by Gasteiger charge is 2.17. The van der Waals surface area contributed by atoms with Gasteiger partial charge in [-0.1, -0.05) is 35.0 Å². The Morgan fingerprint density at radius 2 is 1.87 bits per heavy atom. The van der Waals surface area contributed by atoms with Crippen LogP contribution in [0.3, 0.4) is 0 Å². The van der Waals surface area contributed by atoms with Crippen molar-refractivity contribution in [3.63, 3.8) is 0 Å². The summed E-state index contributed by atoms with van der Waals surface area (Å²) in [5.41, 5.74) is 1.63. The smallest absolute Gasteiger partial charge is 0.261 e. The van der Waals surface area contributed by atoms with E-state index in [1.54, 1.807) is 42.6 Å². The molecule has 0 aliphatic heterocycles. The quantitative estimate of drug-likeness (QED) is 0.786. The molecule has 1 aromatic heterocycles. The van der Waals surface area contributed by atoms with Crippen molar-refractivity contribution in [1.29, 1.82) is 0 Å². The van der Waals surface area contributed by atoms with Gasteiger partial charge in [-0.3, -0.25) is 4.72 Å². The number of rotatable bonds is 4. The summed E-state index contributed by atoms with van der Waals surface area (Å²) < 4.78 is 29.1. The SMILES string of the molecule is Cc1cnnn1-c1cc(Cl)ccc1NS(=O)(=O)c1ccccc1. The summed E-state index contributed by atoms with van der Waals surface area (Å²) in [5, 5.41) is 8.25. The van der Waals surface area contributed by atoms with Crippen molar-refractivity contribution in [1.82, 2.24) is 15.0 Å². The predicted molar refractivity (Wildman–Crippen MR) is 88.4 cm³/mol. The molecule has 1 N–H and O–H groups in total. The molecule has 3 aromatic rings. The van der Waals surface area contributed by atoms with Crippen LogP contribution in [0.2, 0.25) is 5.02 Å². The first-order valence-electron chi connectivity index (χ1n) is 6.72. The lowest BCUT2D eigenvalue weighted by atomic mass is 10.2. The van der Waals surface area contributed by atoms with E-state index in [1.165, 1.54) is 16.8 Å². The zero-order chi connectivity index (χ0) is 16.4. The fourth-order valence-electron chi connectivity index (χ4n) is 2.09. The number of benzene rings is 2. The Balaban J connectivity index is 2.06. The van der Waals surface area contributed by atoms with Gasteiger partial charge in [0.2, 0.25) is 0 Å². The van der Waals surface area contributed by atoms with Crippen molar-refractivity contribution in [2.45, 2.75) is 11.8 Å². The van der Waals surface area contributed by atoms with Gasteiger partial charge < -0.3 is 0 Å². The standard InChI is InChI=1S/C15H13ClN4O2S/c1-11-10-17-19-20(11)15-9-12(16)7-8-14(15)18-23(21,22)13-5-3-2-4-6-13/h2-10,18H,1H3. The van der Waals surface area contributed by atoms with Crippen LogP contribution in [0.25, 0.3) is 5.69 Å².